The molecule has 0 atom stereocenters. The number of carbonyl (C=O) groups is 1. The molecule has 0 unspecified atom stereocenters. The van der Waals surface area contributed by atoms with Crippen LogP contribution < -0.4 is 10.1 Å². The molecule has 0 radical (unpaired) electrons. The summed E-state index contributed by atoms with van der Waals surface area (Å²) < 4.78 is 7.83. The molecule has 6 nitrogen and oxygen atoms in total. The van der Waals surface area contributed by atoms with Crippen molar-refractivity contribution in [3.8, 4) is 5.75 Å². The van der Waals surface area contributed by atoms with Gasteiger partial charge in [0.05, 0.1) is 28.0 Å². The molecule has 1 N–H and O–H groups in total. The minimum absolute atomic E-state index is 0.302. The van der Waals surface area contributed by atoms with Gasteiger partial charge in [0.25, 0.3) is 5.91 Å². The smallest absolute Gasteiger partial charge is 0.277 e. The molecule has 0 aliphatic heterocycles. The van der Waals surface area contributed by atoms with Gasteiger partial charge in [0.2, 0.25) is 0 Å². The summed E-state index contributed by atoms with van der Waals surface area (Å²) in [7, 11) is 1.66. The molecule has 0 spiro atoms. The molecule has 0 aliphatic rings. The number of rotatable bonds is 4. The van der Waals surface area contributed by atoms with Gasteiger partial charge in [-0.25, -0.2) is 4.98 Å². The number of amides is 1. The van der Waals surface area contributed by atoms with Crippen LogP contribution in [0.25, 0.3) is 10.2 Å². The third kappa shape index (κ3) is 2.77. The fraction of sp³-hybridized carbons (Fsp3) is 0.214. The van der Waals surface area contributed by atoms with Crippen molar-refractivity contribution in [1.29, 1.82) is 0 Å². The van der Waals surface area contributed by atoms with Gasteiger partial charge in [-0.3, -0.25) is 14.8 Å². The molecule has 0 saturated heterocycles. The maximum Gasteiger partial charge on any atom is 0.277 e. The van der Waals surface area contributed by atoms with E-state index in [2.05, 4.69) is 15.4 Å². The van der Waals surface area contributed by atoms with E-state index in [0.717, 1.165) is 16.0 Å². The number of thiazole rings is 1. The van der Waals surface area contributed by atoms with Crippen molar-refractivity contribution in [3.63, 3.8) is 0 Å². The Balaban J connectivity index is 1.86. The molecule has 0 aliphatic carbocycles. The number of nitrogens with zero attached hydrogens (tertiary/aromatic N) is 3. The third-order valence-electron chi connectivity index (χ3n) is 3.00. The van der Waals surface area contributed by atoms with Crippen LogP contribution in [0.2, 0.25) is 5.02 Å². The molecule has 3 rings (SSSR count). The van der Waals surface area contributed by atoms with E-state index in [-0.39, 0.29) is 5.91 Å². The monoisotopic (exact) mass is 336 g/mol. The van der Waals surface area contributed by atoms with Crippen molar-refractivity contribution in [3.05, 3.63) is 35.1 Å². The van der Waals surface area contributed by atoms with Crippen LogP contribution in [0.15, 0.2) is 24.4 Å². The lowest BCUT2D eigenvalue weighted by Crippen LogP contribution is -2.16. The second kappa shape index (κ2) is 5.94. The van der Waals surface area contributed by atoms with Gasteiger partial charge in [0.15, 0.2) is 5.13 Å². The van der Waals surface area contributed by atoms with Crippen LogP contribution in [0.1, 0.15) is 17.4 Å². The number of carbonyl (C=O) groups excluding carboxylic acids is 1. The molecule has 2 heterocycles. The minimum atomic E-state index is -0.339. The largest absolute Gasteiger partial charge is 0.494 e. The number of fused-ring (bicyclic) bond motifs is 1. The van der Waals surface area contributed by atoms with Gasteiger partial charge in [-0.05, 0) is 25.1 Å². The summed E-state index contributed by atoms with van der Waals surface area (Å²) in [6.07, 6.45) is 1.43. The first-order valence-corrected chi connectivity index (χ1v) is 7.80. The number of benzene rings is 1. The molecule has 2 aromatic heterocycles. The molecule has 3 aromatic rings. The number of anilines is 1. The summed E-state index contributed by atoms with van der Waals surface area (Å²) >= 11 is 7.34. The third-order valence-corrected chi connectivity index (χ3v) is 4.21. The molecule has 1 amide bonds. The molecule has 114 valence electrons. The lowest BCUT2D eigenvalue weighted by atomic mass is 10.3. The zero-order valence-electron chi connectivity index (χ0n) is 12.0. The molecular weight excluding hydrogens is 324 g/mol. The number of halogens is 1. The Labute approximate surface area is 135 Å². The van der Waals surface area contributed by atoms with Gasteiger partial charge >= 0.3 is 0 Å². The van der Waals surface area contributed by atoms with Crippen LogP contribution in [0.5, 0.6) is 5.75 Å². The number of hydrogen-bond acceptors (Lipinski definition) is 5. The quantitative estimate of drug-likeness (QED) is 0.793. The summed E-state index contributed by atoms with van der Waals surface area (Å²) in [5, 5.41) is 7.50. The minimum Gasteiger partial charge on any atom is -0.494 e. The molecule has 8 heteroatoms. The maximum atomic E-state index is 12.2. The molecule has 1 aromatic carbocycles. The Kier molecular flexibility index (Phi) is 4.00. The van der Waals surface area contributed by atoms with Crippen LogP contribution in [-0.4, -0.2) is 27.3 Å². The number of aryl methyl sites for hydroxylation is 1. The van der Waals surface area contributed by atoms with Crippen LogP contribution in [0.3, 0.4) is 0 Å². The standard InChI is InChI=1S/C14H13ClN4O2S/c1-3-21-8-4-5-10-11(6-8)22-14(17-10)18-13(20)12-9(15)7-16-19(12)2/h4-7H,3H2,1-2H3,(H,17,18,20). The Bertz CT molecular complexity index is 823. The van der Waals surface area contributed by atoms with Crippen LogP contribution >= 0.6 is 22.9 Å². The SMILES string of the molecule is CCOc1ccc2nc(NC(=O)c3c(Cl)cnn3C)sc2c1. The van der Waals surface area contributed by atoms with E-state index in [4.69, 9.17) is 16.3 Å². The maximum absolute atomic E-state index is 12.2. The summed E-state index contributed by atoms with van der Waals surface area (Å²) in [6.45, 7) is 2.53. The zero-order valence-corrected chi connectivity index (χ0v) is 13.5. The van der Waals surface area contributed by atoms with E-state index in [1.165, 1.54) is 22.2 Å². The Morgan fingerprint density at radius 2 is 2.32 bits per heavy atom. The number of ether oxygens (including phenoxy) is 1. The molecule has 0 fully saturated rings. The normalized spacial score (nSPS) is 10.9. The topological polar surface area (TPSA) is 69.0 Å². The highest BCUT2D eigenvalue weighted by Gasteiger charge is 2.17. The van der Waals surface area contributed by atoms with E-state index in [0.29, 0.717) is 22.5 Å². The Morgan fingerprint density at radius 3 is 3.00 bits per heavy atom. The van der Waals surface area contributed by atoms with Crippen LogP contribution in [0, 0.1) is 0 Å². The van der Waals surface area contributed by atoms with Crippen LogP contribution in [-0.2, 0) is 7.05 Å². The Hall–Kier alpha value is -2.12. The van der Waals surface area contributed by atoms with Gasteiger partial charge < -0.3 is 4.74 Å². The van der Waals surface area contributed by atoms with Gasteiger partial charge in [-0.2, -0.15) is 5.10 Å². The first-order valence-electron chi connectivity index (χ1n) is 6.60. The van der Waals surface area contributed by atoms with E-state index in [1.807, 2.05) is 25.1 Å². The number of hydrogen-bond donors (Lipinski definition) is 1. The van der Waals surface area contributed by atoms with E-state index >= 15 is 0 Å². The second-order valence-corrected chi connectivity index (χ2v) is 5.94. The highest BCUT2D eigenvalue weighted by molar-refractivity contribution is 7.22. The average molecular weight is 337 g/mol. The average Bonchev–Trinajstić information content (AvgIpc) is 3.01. The van der Waals surface area contributed by atoms with E-state index in [1.54, 1.807) is 7.05 Å². The van der Waals surface area contributed by atoms with Crippen molar-refractivity contribution < 1.29 is 9.53 Å². The summed E-state index contributed by atoms with van der Waals surface area (Å²) in [4.78, 5) is 16.6. The van der Waals surface area contributed by atoms with Crippen molar-refractivity contribution in [1.82, 2.24) is 14.8 Å². The van der Waals surface area contributed by atoms with E-state index < -0.39 is 0 Å². The summed E-state index contributed by atoms with van der Waals surface area (Å²) in [5.74, 6) is 0.445. The molecule has 0 bridgehead atoms. The Morgan fingerprint density at radius 1 is 1.50 bits per heavy atom. The summed E-state index contributed by atoms with van der Waals surface area (Å²) in [6, 6.07) is 5.63. The fourth-order valence-electron chi connectivity index (χ4n) is 2.04. The van der Waals surface area contributed by atoms with Crippen molar-refractivity contribution in [2.45, 2.75) is 6.92 Å². The molecule has 22 heavy (non-hydrogen) atoms. The van der Waals surface area contributed by atoms with Crippen molar-refractivity contribution in [2.24, 2.45) is 7.05 Å². The van der Waals surface area contributed by atoms with Gasteiger partial charge in [0, 0.05) is 7.05 Å². The van der Waals surface area contributed by atoms with Crippen LogP contribution in [0.4, 0.5) is 5.13 Å². The van der Waals surface area contributed by atoms with Gasteiger partial charge in [-0.1, -0.05) is 22.9 Å². The first-order chi connectivity index (χ1) is 10.6. The molecule has 0 saturated carbocycles. The molecular formula is C14H13ClN4O2S. The lowest BCUT2D eigenvalue weighted by molar-refractivity contribution is 0.101. The number of nitrogens with one attached hydrogen (secondary N) is 1. The second-order valence-electron chi connectivity index (χ2n) is 4.50. The lowest BCUT2D eigenvalue weighted by Gasteiger charge is -2.02. The van der Waals surface area contributed by atoms with Crippen molar-refractivity contribution >= 4 is 44.2 Å². The highest BCUT2D eigenvalue weighted by atomic mass is 35.5. The fourth-order valence-corrected chi connectivity index (χ4v) is 3.18. The number of aromatic nitrogens is 3. The van der Waals surface area contributed by atoms with Crippen molar-refractivity contribution in [2.75, 3.05) is 11.9 Å². The highest BCUT2D eigenvalue weighted by Crippen LogP contribution is 2.29. The van der Waals surface area contributed by atoms with E-state index in [9.17, 15) is 4.79 Å². The zero-order chi connectivity index (χ0) is 15.7. The predicted molar refractivity (Wildman–Crippen MR) is 87.0 cm³/mol. The summed E-state index contributed by atoms with van der Waals surface area (Å²) in [5.41, 5.74) is 1.11. The van der Waals surface area contributed by atoms with Gasteiger partial charge in [0.1, 0.15) is 11.4 Å². The van der Waals surface area contributed by atoms with Gasteiger partial charge in [-0.15, -0.1) is 0 Å². The first kappa shape index (κ1) is 14.8. The predicted octanol–water partition coefficient (Wildman–Crippen LogP) is 3.33.